The van der Waals surface area contributed by atoms with Crippen molar-refractivity contribution in [3.8, 4) is 12.3 Å². The van der Waals surface area contributed by atoms with Crippen LogP contribution in [0.4, 0.5) is 4.39 Å². The summed E-state index contributed by atoms with van der Waals surface area (Å²) in [5.74, 6) is 1.20. The molecule has 0 unspecified atom stereocenters. The molecule has 98 valence electrons. The summed E-state index contributed by atoms with van der Waals surface area (Å²) in [5.41, 5.74) is -0.0999. The lowest BCUT2D eigenvalue weighted by molar-refractivity contribution is 0.274. The fraction of sp³-hybridized carbons (Fsp3) is 0.273. The minimum atomic E-state index is -4.01. The number of halogens is 2. The molecule has 0 fully saturated rings. The number of terminal acetylenes is 1. The largest absolute Gasteiger partial charge is 0.392 e. The Kier molecular flexibility index (Phi) is 4.87. The molecular formula is C11H11BrFNO3S. The molecular weight excluding hydrogens is 325 g/mol. The van der Waals surface area contributed by atoms with E-state index >= 15 is 0 Å². The second kappa shape index (κ2) is 5.80. The molecule has 0 amide bonds. The van der Waals surface area contributed by atoms with Gasteiger partial charge in [0.25, 0.3) is 0 Å². The monoisotopic (exact) mass is 335 g/mol. The van der Waals surface area contributed by atoms with Crippen LogP contribution >= 0.6 is 15.9 Å². The number of hydrogen-bond acceptors (Lipinski definition) is 3. The summed E-state index contributed by atoms with van der Waals surface area (Å²) < 4.78 is 39.2. The zero-order chi connectivity index (χ0) is 13.9. The van der Waals surface area contributed by atoms with Crippen LogP contribution in [0, 0.1) is 18.2 Å². The van der Waals surface area contributed by atoms with Crippen molar-refractivity contribution in [1.29, 1.82) is 0 Å². The molecule has 0 aliphatic carbocycles. The highest BCUT2D eigenvalue weighted by Gasteiger charge is 2.26. The molecule has 4 nitrogen and oxygen atoms in total. The van der Waals surface area contributed by atoms with E-state index < -0.39 is 27.3 Å². The Bertz CT molecular complexity index is 595. The van der Waals surface area contributed by atoms with Gasteiger partial charge >= 0.3 is 0 Å². The summed E-state index contributed by atoms with van der Waals surface area (Å²) >= 11 is 3.07. The smallest absolute Gasteiger partial charge is 0.246 e. The number of hydrogen-bond donors (Lipinski definition) is 1. The van der Waals surface area contributed by atoms with Crippen molar-refractivity contribution >= 4 is 26.0 Å². The molecule has 0 aromatic heterocycles. The minimum absolute atomic E-state index is 0.0999. The second-order valence-corrected chi connectivity index (χ2v) is 6.43. The third-order valence-corrected chi connectivity index (χ3v) is 4.51. The van der Waals surface area contributed by atoms with Crippen LogP contribution in [0.1, 0.15) is 5.56 Å². The van der Waals surface area contributed by atoms with E-state index in [4.69, 9.17) is 11.5 Å². The van der Waals surface area contributed by atoms with Crippen molar-refractivity contribution < 1.29 is 17.9 Å². The molecule has 0 atom stereocenters. The normalized spacial score (nSPS) is 11.6. The van der Waals surface area contributed by atoms with Crippen molar-refractivity contribution in [2.45, 2.75) is 11.5 Å². The number of nitrogens with zero attached hydrogens (tertiary/aromatic N) is 1. The lowest BCUT2D eigenvalue weighted by Crippen LogP contribution is -2.28. The molecule has 1 rings (SSSR count). The highest BCUT2D eigenvalue weighted by atomic mass is 79.9. The van der Waals surface area contributed by atoms with Gasteiger partial charge < -0.3 is 5.11 Å². The van der Waals surface area contributed by atoms with Gasteiger partial charge in [0.05, 0.1) is 13.2 Å². The molecule has 0 aliphatic rings. The van der Waals surface area contributed by atoms with Crippen molar-refractivity contribution in [1.82, 2.24) is 4.31 Å². The van der Waals surface area contributed by atoms with E-state index in [1.807, 2.05) is 0 Å². The van der Waals surface area contributed by atoms with Crippen LogP contribution in [0.25, 0.3) is 0 Å². The Morgan fingerprint density at radius 1 is 1.56 bits per heavy atom. The summed E-state index contributed by atoms with van der Waals surface area (Å²) in [5, 5.41) is 8.97. The van der Waals surface area contributed by atoms with Crippen LogP contribution in [0.3, 0.4) is 0 Å². The standard InChI is InChI=1S/C11H11BrFNO3S/c1-3-4-14(2)18(16,17)10-6-9(12)5-8(7-15)11(10)13/h1,5-6,15H,4,7H2,2H3. The fourth-order valence-electron chi connectivity index (χ4n) is 1.30. The van der Waals surface area contributed by atoms with Crippen LogP contribution in [0.2, 0.25) is 0 Å². The van der Waals surface area contributed by atoms with E-state index in [0.29, 0.717) is 4.47 Å². The van der Waals surface area contributed by atoms with Crippen molar-refractivity contribution in [2.75, 3.05) is 13.6 Å². The zero-order valence-electron chi connectivity index (χ0n) is 9.52. The Hall–Kier alpha value is -0.940. The highest BCUT2D eigenvalue weighted by molar-refractivity contribution is 9.10. The lowest BCUT2D eigenvalue weighted by atomic mass is 10.2. The molecule has 18 heavy (non-hydrogen) atoms. The summed E-state index contributed by atoms with van der Waals surface area (Å²) in [6.07, 6.45) is 5.03. The Balaban J connectivity index is 3.42. The molecule has 0 spiro atoms. The topological polar surface area (TPSA) is 57.6 Å². The fourth-order valence-corrected chi connectivity index (χ4v) is 3.17. The van der Waals surface area contributed by atoms with Crippen molar-refractivity contribution in [2.24, 2.45) is 0 Å². The van der Waals surface area contributed by atoms with Crippen molar-refractivity contribution in [3.63, 3.8) is 0 Å². The molecule has 0 saturated carbocycles. The van der Waals surface area contributed by atoms with Gasteiger partial charge in [0.1, 0.15) is 10.7 Å². The highest BCUT2D eigenvalue weighted by Crippen LogP contribution is 2.26. The van der Waals surface area contributed by atoms with Gasteiger partial charge in [0.15, 0.2) is 0 Å². The summed E-state index contributed by atoms with van der Waals surface area (Å²) in [7, 11) is -2.75. The van der Waals surface area contributed by atoms with Crippen LogP contribution < -0.4 is 0 Å². The van der Waals surface area contributed by atoms with E-state index in [-0.39, 0.29) is 12.1 Å². The molecule has 0 heterocycles. The van der Waals surface area contributed by atoms with E-state index in [2.05, 4.69) is 21.9 Å². The second-order valence-electron chi connectivity index (χ2n) is 3.50. The maximum Gasteiger partial charge on any atom is 0.246 e. The van der Waals surface area contributed by atoms with E-state index in [1.54, 1.807) is 0 Å². The van der Waals surface area contributed by atoms with E-state index in [9.17, 15) is 12.8 Å². The van der Waals surface area contributed by atoms with Gasteiger partial charge in [-0.2, -0.15) is 4.31 Å². The van der Waals surface area contributed by atoms with Crippen LogP contribution in [-0.4, -0.2) is 31.4 Å². The number of sulfonamides is 1. The average Bonchev–Trinajstić information content (AvgIpc) is 2.31. The molecule has 0 aliphatic heterocycles. The summed E-state index contributed by atoms with van der Waals surface area (Å²) in [6, 6.07) is 2.45. The first kappa shape index (κ1) is 15.1. The van der Waals surface area contributed by atoms with Gasteiger partial charge in [-0.05, 0) is 12.1 Å². The first-order valence-electron chi connectivity index (χ1n) is 4.83. The zero-order valence-corrected chi connectivity index (χ0v) is 11.9. The van der Waals surface area contributed by atoms with Crippen LogP contribution in [-0.2, 0) is 16.6 Å². The van der Waals surface area contributed by atoms with Gasteiger partial charge in [0, 0.05) is 17.1 Å². The first-order chi connectivity index (χ1) is 8.34. The molecule has 0 radical (unpaired) electrons. The lowest BCUT2D eigenvalue weighted by Gasteiger charge is -2.16. The summed E-state index contributed by atoms with van der Waals surface area (Å²) in [4.78, 5) is -0.515. The van der Waals surface area contributed by atoms with Gasteiger partial charge in [0.2, 0.25) is 10.0 Å². The number of aliphatic hydroxyl groups is 1. The molecule has 7 heteroatoms. The van der Waals surface area contributed by atoms with Crippen LogP contribution in [0.5, 0.6) is 0 Å². The molecule has 0 bridgehead atoms. The van der Waals surface area contributed by atoms with Gasteiger partial charge in [-0.15, -0.1) is 6.42 Å². The number of aliphatic hydroxyl groups excluding tert-OH is 1. The predicted molar refractivity (Wildman–Crippen MR) is 68.7 cm³/mol. The number of benzene rings is 1. The maximum atomic E-state index is 13.9. The van der Waals surface area contributed by atoms with Crippen LogP contribution in [0.15, 0.2) is 21.5 Å². The van der Waals surface area contributed by atoms with E-state index in [1.165, 1.54) is 13.1 Å². The number of rotatable bonds is 4. The van der Waals surface area contributed by atoms with Crippen molar-refractivity contribution in [3.05, 3.63) is 28.0 Å². The van der Waals surface area contributed by atoms with E-state index in [0.717, 1.165) is 10.4 Å². The summed E-state index contributed by atoms with van der Waals surface area (Å²) in [6.45, 7) is -0.755. The van der Waals surface area contributed by atoms with Gasteiger partial charge in [-0.3, -0.25) is 0 Å². The van der Waals surface area contributed by atoms with Gasteiger partial charge in [-0.1, -0.05) is 21.9 Å². The Labute approximate surface area is 114 Å². The molecule has 1 aromatic rings. The molecule has 0 saturated heterocycles. The average molecular weight is 336 g/mol. The Morgan fingerprint density at radius 3 is 2.67 bits per heavy atom. The Morgan fingerprint density at radius 2 is 2.17 bits per heavy atom. The molecule has 1 aromatic carbocycles. The van der Waals surface area contributed by atoms with Gasteiger partial charge in [-0.25, -0.2) is 12.8 Å². The predicted octanol–water partition coefficient (Wildman–Crippen LogP) is 1.33. The quantitative estimate of drug-likeness (QED) is 0.844. The third kappa shape index (κ3) is 2.90. The third-order valence-electron chi connectivity index (χ3n) is 2.25. The minimum Gasteiger partial charge on any atom is -0.392 e. The SMILES string of the molecule is C#CCN(C)S(=O)(=O)c1cc(Br)cc(CO)c1F. The molecule has 1 N–H and O–H groups in total. The first-order valence-corrected chi connectivity index (χ1v) is 7.06. The maximum absolute atomic E-state index is 13.9.